The summed E-state index contributed by atoms with van der Waals surface area (Å²) in [5.41, 5.74) is 5.57. The molecule has 2 fully saturated rings. The molecule has 5 rings (SSSR count). The maximum atomic E-state index is 11.9. The van der Waals surface area contributed by atoms with Crippen LogP contribution in [0.15, 0.2) is 66.7 Å². The highest BCUT2D eigenvalue weighted by atomic mass is 16.5. The third-order valence-corrected chi connectivity index (χ3v) is 10.1. The Morgan fingerprint density at radius 2 is 1.28 bits per heavy atom. The minimum atomic E-state index is -0.891. The number of carbonyl (C=O) groups excluding carboxylic acids is 2. The number of esters is 1. The fraction of sp³-hybridized carbons (Fsp3) is 0.523. The smallest absolute Gasteiger partial charge is 0.338 e. The predicted molar refractivity (Wildman–Crippen MR) is 208 cm³/mol. The van der Waals surface area contributed by atoms with Crippen LogP contribution < -0.4 is 5.32 Å². The van der Waals surface area contributed by atoms with Crippen molar-refractivity contribution in [3.8, 4) is 0 Å². The largest absolute Gasteiger partial charge is 0.478 e. The zero-order valence-corrected chi connectivity index (χ0v) is 32.3. The normalized spacial score (nSPS) is 19.7. The van der Waals surface area contributed by atoms with Gasteiger partial charge in [0.25, 0.3) is 0 Å². The molecule has 0 amide bonds. The molecule has 54 heavy (non-hydrogen) atoms. The second-order valence-corrected chi connectivity index (χ2v) is 14.2. The molecule has 0 saturated heterocycles. The Morgan fingerprint density at radius 1 is 0.722 bits per heavy atom. The van der Waals surface area contributed by atoms with E-state index >= 15 is 0 Å². The van der Waals surface area contributed by atoms with E-state index in [2.05, 4.69) is 35.6 Å². The first-order valence-electron chi connectivity index (χ1n) is 19.4. The third kappa shape index (κ3) is 14.4. The van der Waals surface area contributed by atoms with Gasteiger partial charge in [-0.05, 0) is 112 Å². The van der Waals surface area contributed by atoms with Gasteiger partial charge in [-0.2, -0.15) is 0 Å². The summed E-state index contributed by atoms with van der Waals surface area (Å²) in [6.07, 6.45) is 11.3. The van der Waals surface area contributed by atoms with Crippen molar-refractivity contribution < 1.29 is 43.2 Å². The lowest BCUT2D eigenvalue weighted by atomic mass is 9.94. The van der Waals surface area contributed by atoms with Gasteiger partial charge in [-0.1, -0.05) is 66.7 Å². The maximum Gasteiger partial charge on any atom is 0.338 e. The molecule has 0 radical (unpaired) electrons. The Morgan fingerprint density at radius 3 is 1.85 bits per heavy atom. The quantitative estimate of drug-likeness (QED) is 0.0720. The van der Waals surface area contributed by atoms with Gasteiger partial charge in [-0.25, -0.2) is 9.59 Å². The molecule has 4 atom stereocenters. The van der Waals surface area contributed by atoms with Crippen molar-refractivity contribution >= 4 is 18.2 Å². The van der Waals surface area contributed by atoms with Gasteiger partial charge in [-0.15, -0.1) is 0 Å². The van der Waals surface area contributed by atoms with Crippen LogP contribution in [0, 0.1) is 13.8 Å². The highest BCUT2D eigenvalue weighted by Crippen LogP contribution is 2.27. The number of benzene rings is 3. The Balaban J connectivity index is 0.000000252. The number of carboxylic acid groups (broad SMARTS) is 1. The fourth-order valence-corrected chi connectivity index (χ4v) is 7.28. The molecule has 2 aliphatic rings. The van der Waals surface area contributed by atoms with Gasteiger partial charge < -0.3 is 38.9 Å². The van der Waals surface area contributed by atoms with Crippen molar-refractivity contribution in [1.82, 2.24) is 5.32 Å². The van der Waals surface area contributed by atoms with E-state index in [0.717, 1.165) is 106 Å². The molecule has 3 aromatic carbocycles. The lowest BCUT2D eigenvalue weighted by Crippen LogP contribution is -2.31. The molecule has 10 heteroatoms. The number of ether oxygens (including phenoxy) is 5. The van der Waals surface area contributed by atoms with Crippen LogP contribution in [0.2, 0.25) is 0 Å². The number of methoxy groups -OCH3 is 1. The maximum absolute atomic E-state index is 11.9. The Hall–Kier alpha value is -3.93. The van der Waals surface area contributed by atoms with Gasteiger partial charge in [-0.3, -0.25) is 0 Å². The minimum Gasteiger partial charge on any atom is -0.478 e. The zero-order valence-electron chi connectivity index (χ0n) is 32.3. The molecule has 0 aliphatic heterocycles. The van der Waals surface area contributed by atoms with Gasteiger partial charge in [0.15, 0.2) is 0 Å². The molecule has 294 valence electrons. The molecule has 0 aromatic heterocycles. The molecular formula is C44H59NO9. The van der Waals surface area contributed by atoms with Gasteiger partial charge in [0.2, 0.25) is 0 Å². The van der Waals surface area contributed by atoms with Crippen LogP contribution in [-0.2, 0) is 48.1 Å². The van der Waals surface area contributed by atoms with E-state index in [1.807, 2.05) is 50.2 Å². The lowest BCUT2D eigenvalue weighted by molar-refractivity contribution is -0.116. The molecule has 10 nitrogen and oxygen atoms in total. The number of carboxylic acids is 1. The van der Waals surface area contributed by atoms with Crippen LogP contribution in [0.1, 0.15) is 106 Å². The number of aromatic carboxylic acids is 1. The van der Waals surface area contributed by atoms with Gasteiger partial charge in [0, 0.05) is 6.54 Å². The van der Waals surface area contributed by atoms with E-state index in [9.17, 15) is 19.5 Å². The average molecular weight is 746 g/mol. The van der Waals surface area contributed by atoms with Crippen LogP contribution in [-0.4, -0.2) is 81.2 Å². The van der Waals surface area contributed by atoms with Crippen molar-refractivity contribution in [3.63, 3.8) is 0 Å². The van der Waals surface area contributed by atoms with Gasteiger partial charge in [0.1, 0.15) is 12.9 Å². The second kappa shape index (κ2) is 23.8. The summed E-state index contributed by atoms with van der Waals surface area (Å²) in [6, 6.07) is 21.8. The summed E-state index contributed by atoms with van der Waals surface area (Å²) >= 11 is 0. The number of hydrogen-bond donors (Lipinski definition) is 2. The molecule has 3 aromatic rings. The van der Waals surface area contributed by atoms with Gasteiger partial charge >= 0.3 is 11.9 Å². The van der Waals surface area contributed by atoms with Crippen molar-refractivity contribution in [2.45, 2.75) is 116 Å². The zero-order chi connectivity index (χ0) is 38.5. The molecule has 0 bridgehead atoms. The summed E-state index contributed by atoms with van der Waals surface area (Å²) in [4.78, 5) is 33.9. The number of rotatable bonds is 19. The van der Waals surface area contributed by atoms with E-state index in [1.54, 1.807) is 0 Å². The summed E-state index contributed by atoms with van der Waals surface area (Å²) < 4.78 is 28.5. The van der Waals surface area contributed by atoms with Crippen LogP contribution in [0.5, 0.6) is 0 Å². The van der Waals surface area contributed by atoms with Gasteiger partial charge in [0.05, 0.1) is 62.5 Å². The van der Waals surface area contributed by atoms with E-state index < -0.39 is 5.97 Å². The summed E-state index contributed by atoms with van der Waals surface area (Å²) in [5.74, 6) is -1.23. The molecule has 2 saturated carbocycles. The van der Waals surface area contributed by atoms with E-state index in [4.69, 9.17) is 23.7 Å². The average Bonchev–Trinajstić information content (AvgIpc) is 3.18. The molecule has 0 spiro atoms. The van der Waals surface area contributed by atoms with E-state index in [1.165, 1.54) is 12.7 Å². The van der Waals surface area contributed by atoms with Crippen LogP contribution in [0.3, 0.4) is 0 Å². The standard InChI is InChI=1S/C26H35NO4.C18H24O5/c1-20-8-5-12-22(25(20)26(28)29)19-31-24-14-6-13-23(18-24)30-17-16-27-15-7-11-21-9-3-2-4-10-21;1-13-5-3-6-14(17(13)18(20)21-2)12-23-16-8-4-7-15(11-16)22-10-9-19/h2-5,8-10,12,23-24,27H,6-7,11,13-19H2,1H3,(H,28,29);3,5-6,9,15-16H,4,7-8,10-12H2,1-2H3/t23-,24+;15-,16+/m00/s1. The number of nitrogens with one attached hydrogen (secondary N) is 1. The first-order chi connectivity index (χ1) is 26.3. The predicted octanol–water partition coefficient (Wildman–Crippen LogP) is 7.58. The number of aldehydes is 1. The van der Waals surface area contributed by atoms with Crippen LogP contribution in [0.4, 0.5) is 0 Å². The van der Waals surface area contributed by atoms with Crippen molar-refractivity contribution in [3.05, 3.63) is 106 Å². The first-order valence-corrected chi connectivity index (χ1v) is 19.4. The third-order valence-electron chi connectivity index (χ3n) is 10.1. The first kappa shape index (κ1) is 42.8. The highest BCUT2D eigenvalue weighted by Gasteiger charge is 2.25. The monoisotopic (exact) mass is 745 g/mol. The number of aryl methyl sites for hydroxylation is 3. The molecule has 2 aliphatic carbocycles. The summed E-state index contributed by atoms with van der Waals surface area (Å²) in [7, 11) is 1.38. The number of carbonyl (C=O) groups is 3. The Bertz CT molecular complexity index is 1580. The molecule has 2 N–H and O–H groups in total. The topological polar surface area (TPSA) is 130 Å². The Kier molecular flexibility index (Phi) is 18.8. The SMILES string of the molecule is COC(=O)c1c(C)cccc1CO[C@@H]1CCC[C@H](OCC=O)C1.Cc1cccc(CO[C@@H]2CCC[C@H](OCCNCCCc3ccccc3)C2)c1C(=O)O. The molecule has 0 unspecified atom stereocenters. The summed E-state index contributed by atoms with van der Waals surface area (Å²) in [5, 5.41) is 12.9. The fourth-order valence-electron chi connectivity index (χ4n) is 7.28. The minimum absolute atomic E-state index is 0.0801. The van der Waals surface area contributed by atoms with E-state index in [0.29, 0.717) is 30.9 Å². The van der Waals surface area contributed by atoms with Crippen LogP contribution >= 0.6 is 0 Å². The van der Waals surface area contributed by atoms with Crippen molar-refractivity contribution in [2.75, 3.05) is 33.4 Å². The summed E-state index contributed by atoms with van der Waals surface area (Å²) in [6.45, 7) is 7.14. The highest BCUT2D eigenvalue weighted by molar-refractivity contribution is 5.92. The van der Waals surface area contributed by atoms with E-state index in [-0.39, 0.29) is 37.0 Å². The Labute approximate surface area is 320 Å². The molecule has 0 heterocycles. The second-order valence-electron chi connectivity index (χ2n) is 14.2. The van der Waals surface area contributed by atoms with Crippen molar-refractivity contribution in [1.29, 1.82) is 0 Å². The lowest BCUT2D eigenvalue weighted by Gasteiger charge is -2.29. The molecular weight excluding hydrogens is 686 g/mol. The number of hydrogen-bond acceptors (Lipinski definition) is 9. The van der Waals surface area contributed by atoms with Crippen molar-refractivity contribution in [2.24, 2.45) is 0 Å². The van der Waals surface area contributed by atoms with Crippen LogP contribution in [0.25, 0.3) is 0 Å².